The van der Waals surface area contributed by atoms with Crippen LogP contribution in [0.1, 0.15) is 110 Å². The van der Waals surface area contributed by atoms with Crippen molar-refractivity contribution in [1.29, 1.82) is 15.8 Å². The number of piperazine rings is 3. The highest BCUT2D eigenvalue weighted by atomic mass is 35.5. The number of carbonyl (C=O) groups is 3. The maximum Gasteiger partial charge on any atom is 0.276 e. The number of nitrogens with zero attached hydrogens (tertiary/aromatic N) is 18. The van der Waals surface area contributed by atoms with E-state index in [2.05, 4.69) is 51.8 Å². The summed E-state index contributed by atoms with van der Waals surface area (Å²) in [7, 11) is 0. The number of benzene rings is 3. The topological polar surface area (TPSA) is 346 Å². The highest BCUT2D eigenvalue weighted by Gasteiger charge is 2.38. The molecule has 0 atom stereocenters. The Kier molecular flexibility index (Phi) is 30.1. The summed E-state index contributed by atoms with van der Waals surface area (Å²) in [5.41, 5.74) is 0.647. The lowest BCUT2D eigenvalue weighted by molar-refractivity contribution is -0.127. The molecule has 12 aromatic rings. The largest absolute Gasteiger partial charge is 0.504 e. The van der Waals surface area contributed by atoms with Crippen molar-refractivity contribution in [3.8, 4) is 86.3 Å². The third-order valence-corrected chi connectivity index (χ3v) is 27.3. The SMILES string of the molecule is C=CC(=O)N1CCN(c2c(C#N)c(=O)n(-c3c(C)ccnc3C(C)C)c3nc(-c4c(O)c(F)c(Cl)c(Cl)c4Cl)c(Cl)cc23)CC1.C=CC(=O)N1CCN(c2c(C#N)c(=O)n(-c3c(C)ccnc3C(C)C)c3nc(-c4c(O)c(F)c(Cl)c(Cl)c4Cl)c(Cl)cc23)CC1.C=CC(=O)N1CCN(c2c(C#N)c(=O)n(-c3c(C)ccnc3C(C)C)c3nc(-c4c(O)c(F)c(Cl)c(Cl)c4F)c(Cl)cc23)CC1. The number of phenols is 3. The molecule has 12 heterocycles. The van der Waals surface area contributed by atoms with Crippen molar-refractivity contribution in [2.24, 2.45) is 0 Å². The second-order valence-electron chi connectivity index (χ2n) is 32.0. The van der Waals surface area contributed by atoms with E-state index in [0.717, 1.165) is 0 Å². The fourth-order valence-electron chi connectivity index (χ4n) is 16.4. The van der Waals surface area contributed by atoms with Gasteiger partial charge in [-0.15, -0.1) is 0 Å². The van der Waals surface area contributed by atoms with Crippen molar-refractivity contribution in [2.45, 2.75) is 80.1 Å². The first-order valence-corrected chi connectivity index (χ1v) is 45.3. The second-order valence-corrected chi connectivity index (χ2v) is 36.3. The Hall–Kier alpha value is -12.0. The molecule has 0 aliphatic carbocycles. The number of aromatic nitrogens is 9. The minimum atomic E-state index is -1.38. The summed E-state index contributed by atoms with van der Waals surface area (Å²) < 4.78 is 64.0. The summed E-state index contributed by atoms with van der Waals surface area (Å²) in [6.45, 7) is 30.8. The molecule has 15 rings (SSSR count). The van der Waals surface area contributed by atoms with Crippen LogP contribution in [-0.4, -0.2) is 170 Å². The van der Waals surface area contributed by atoms with E-state index in [0.29, 0.717) is 114 Å². The summed E-state index contributed by atoms with van der Waals surface area (Å²) >= 11 is 69.1. The molecule has 135 heavy (non-hydrogen) atoms. The normalized spacial score (nSPS) is 13.4. The van der Waals surface area contributed by atoms with Gasteiger partial charge in [0.1, 0.15) is 66.9 Å². The number of phenolic OH excluding ortho intramolecular Hbond substituents is 3. The van der Waals surface area contributed by atoms with Gasteiger partial charge in [0.15, 0.2) is 40.5 Å². The molecule has 0 bridgehead atoms. The Bertz CT molecular complexity index is 6650. The lowest BCUT2D eigenvalue weighted by Gasteiger charge is -2.36. The van der Waals surface area contributed by atoms with Crippen LogP contribution in [0.4, 0.5) is 34.6 Å². The van der Waals surface area contributed by atoms with Crippen molar-refractivity contribution in [2.75, 3.05) is 93.2 Å². The molecule has 3 aromatic carbocycles. The first-order chi connectivity index (χ1) is 64.0. The zero-order valence-corrected chi connectivity index (χ0v) is 81.1. The monoisotopic (exact) mass is 2050 g/mol. The highest BCUT2D eigenvalue weighted by molar-refractivity contribution is 6.51. The van der Waals surface area contributed by atoms with E-state index in [1.165, 1.54) is 50.1 Å². The van der Waals surface area contributed by atoms with Gasteiger partial charge in [0.05, 0.1) is 125 Å². The van der Waals surface area contributed by atoms with Crippen molar-refractivity contribution in [3.63, 3.8) is 0 Å². The molecule has 0 spiro atoms. The number of hydrogen-bond acceptors (Lipinski definition) is 21. The van der Waals surface area contributed by atoms with Crippen molar-refractivity contribution >= 4 is 195 Å². The van der Waals surface area contributed by atoms with Crippen molar-refractivity contribution < 1.29 is 47.3 Å². The van der Waals surface area contributed by atoms with Crippen LogP contribution in [0.25, 0.3) is 83.9 Å². The fourth-order valence-corrected chi connectivity index (χ4v) is 18.9. The predicted octanol–water partition coefficient (Wildman–Crippen LogP) is 20.6. The van der Waals surface area contributed by atoms with E-state index in [1.54, 1.807) is 77.2 Å². The van der Waals surface area contributed by atoms with E-state index in [4.69, 9.17) is 138 Å². The maximum absolute atomic E-state index is 15.5. The predicted molar refractivity (Wildman–Crippen MR) is 519 cm³/mol. The molecule has 3 saturated heterocycles. The number of carbonyl (C=O) groups excluding carboxylic acids is 3. The van der Waals surface area contributed by atoms with Gasteiger partial charge in [-0.25, -0.2) is 32.5 Å². The molecule has 3 N–H and O–H groups in total. The Balaban J connectivity index is 0.000000171. The number of amides is 3. The number of hydrogen-bond donors (Lipinski definition) is 3. The quantitative estimate of drug-likeness (QED) is 0.0371. The van der Waals surface area contributed by atoms with Crippen LogP contribution < -0.4 is 31.4 Å². The van der Waals surface area contributed by atoms with Crippen LogP contribution in [0.5, 0.6) is 17.2 Å². The number of rotatable bonds is 15. The minimum Gasteiger partial charge on any atom is -0.504 e. The number of pyridine rings is 9. The molecule has 3 aliphatic heterocycles. The van der Waals surface area contributed by atoms with Crippen LogP contribution in [0.2, 0.25) is 55.2 Å². The van der Waals surface area contributed by atoms with Crippen molar-refractivity contribution in [3.05, 3.63) is 253 Å². The maximum atomic E-state index is 15.5. The minimum absolute atomic E-state index is 0.0398. The summed E-state index contributed by atoms with van der Waals surface area (Å²) in [4.78, 5) is 118. The van der Waals surface area contributed by atoms with Crippen molar-refractivity contribution in [1.82, 2.24) is 58.3 Å². The van der Waals surface area contributed by atoms with Gasteiger partial charge in [-0.1, -0.05) is 189 Å². The molecule has 3 aliphatic rings. The number of fused-ring (bicyclic) bond motifs is 3. The number of aryl methyl sites for hydroxylation is 3. The van der Waals surface area contributed by atoms with Gasteiger partial charge in [-0.3, -0.25) is 57.4 Å². The molecule has 3 amide bonds. The molecular formula is C93H75Cl11F4N18O9. The zero-order chi connectivity index (χ0) is 98.7. The summed E-state index contributed by atoms with van der Waals surface area (Å²) in [5.74, 6) is -9.35. The molecule has 0 saturated carbocycles. The average Bonchev–Trinajstić information content (AvgIpc) is 0.728. The first-order valence-electron chi connectivity index (χ1n) is 41.1. The lowest BCUT2D eigenvalue weighted by atomic mass is 10.0. The molecule has 9 aromatic heterocycles. The molecule has 0 unspecified atom stereocenters. The standard InChI is InChI=1S/2C31H25Cl4FN6O3.C31H25Cl3F2N6O3/c2*1-5-19(43)40-8-10-41(11-9-40)28-16-12-18(32)26(20-21(33)22(34)23(35)24(36)29(20)44)39-30(16)42(31(45)17(28)13-37)27-15(4)6-7-38-25(27)14(2)3;1-5-19(43)40-8-10-41(11-9-40)28-16-12-18(32)26(20-23(35)21(33)22(34)24(36)29(20)44)39-30(16)42(31(45)17(28)13-37)27-15(4)6-7-38-25(27)14(2)3/h3*5-7,12,14,44H,1,8-11H2,2-4H3. The van der Waals surface area contributed by atoms with Gasteiger partial charge in [0.25, 0.3) is 16.7 Å². The smallest absolute Gasteiger partial charge is 0.276 e. The number of halogens is 15. The van der Waals surface area contributed by atoms with Gasteiger partial charge in [-0.2, -0.15) is 15.8 Å². The fraction of sp³-hybridized carbons (Fsp3) is 0.258. The Morgan fingerprint density at radius 1 is 0.378 bits per heavy atom. The molecule has 696 valence electrons. The average molecular weight is 2050 g/mol. The Morgan fingerprint density at radius 3 is 0.859 bits per heavy atom. The summed E-state index contributed by atoms with van der Waals surface area (Å²) in [6, 6.07) is 15.6. The van der Waals surface area contributed by atoms with E-state index in [9.17, 15) is 73.0 Å². The van der Waals surface area contributed by atoms with E-state index in [-0.39, 0.29) is 175 Å². The first kappa shape index (κ1) is 100. The van der Waals surface area contributed by atoms with E-state index >= 15 is 4.39 Å². The summed E-state index contributed by atoms with van der Waals surface area (Å²) in [6.07, 6.45) is 8.50. The van der Waals surface area contributed by atoms with Crippen LogP contribution >= 0.6 is 128 Å². The van der Waals surface area contributed by atoms with E-state index in [1.807, 2.05) is 57.4 Å². The van der Waals surface area contributed by atoms with Crippen LogP contribution in [0.3, 0.4) is 0 Å². The van der Waals surface area contributed by atoms with Gasteiger partial charge >= 0.3 is 0 Å². The van der Waals surface area contributed by atoms with Crippen LogP contribution in [0, 0.1) is 78.0 Å². The summed E-state index contributed by atoms with van der Waals surface area (Å²) in [5, 5.41) is 59.7. The number of nitriles is 3. The molecule has 42 heteroatoms. The van der Waals surface area contributed by atoms with Crippen LogP contribution in [0.15, 0.2) is 107 Å². The number of anilines is 3. The van der Waals surface area contributed by atoms with E-state index < -0.39 is 88.5 Å². The highest BCUT2D eigenvalue weighted by Crippen LogP contribution is 2.53. The van der Waals surface area contributed by atoms with Crippen LogP contribution in [-0.2, 0) is 14.4 Å². The Morgan fingerprint density at radius 2 is 0.615 bits per heavy atom. The number of aromatic hydroxyl groups is 3. The van der Waals surface area contributed by atoms with Gasteiger partial charge in [0.2, 0.25) is 17.7 Å². The molecule has 0 radical (unpaired) electrons. The molecule has 3 fully saturated rings. The van der Waals surface area contributed by atoms with Gasteiger partial charge in [0, 0.05) is 113 Å². The second kappa shape index (κ2) is 40.5. The third kappa shape index (κ3) is 18.0. The lowest BCUT2D eigenvalue weighted by Crippen LogP contribution is -2.49. The van der Waals surface area contributed by atoms with Gasteiger partial charge in [-0.05, 0) is 110 Å². The third-order valence-electron chi connectivity index (χ3n) is 23.0. The molecule has 27 nitrogen and oxygen atoms in total. The van der Waals surface area contributed by atoms with Gasteiger partial charge < -0.3 is 44.7 Å². The Labute approximate surface area is 823 Å². The zero-order valence-electron chi connectivity index (χ0n) is 72.8. The molecular weight excluding hydrogens is 1980 g/mol.